The molecule has 1 aliphatic carbocycles. The van der Waals surface area contributed by atoms with Crippen molar-refractivity contribution in [1.29, 1.82) is 0 Å². The lowest BCUT2D eigenvalue weighted by molar-refractivity contribution is -0.146. The number of unbranched alkanes of at least 4 members (excludes halogenated alkanes) is 5. The van der Waals surface area contributed by atoms with Gasteiger partial charge in [-0.15, -0.1) is 0 Å². The number of carbonyl (C=O) groups is 1. The van der Waals surface area contributed by atoms with E-state index in [0.29, 0.717) is 5.92 Å². The maximum Gasteiger partial charge on any atom is 0.310 e. The third-order valence-corrected chi connectivity index (χ3v) is 4.48. The van der Waals surface area contributed by atoms with Crippen molar-refractivity contribution in [3.8, 4) is 0 Å². The highest BCUT2D eigenvalue weighted by Gasteiger charge is 2.21. The molecule has 20 heavy (non-hydrogen) atoms. The van der Waals surface area contributed by atoms with Gasteiger partial charge in [-0.1, -0.05) is 64.7 Å². The third-order valence-electron chi connectivity index (χ3n) is 4.48. The van der Waals surface area contributed by atoms with Gasteiger partial charge >= 0.3 is 5.97 Å². The first-order chi connectivity index (χ1) is 9.74. The molecule has 0 heterocycles. The Morgan fingerprint density at radius 1 is 1.10 bits per heavy atom. The Labute approximate surface area is 125 Å². The summed E-state index contributed by atoms with van der Waals surface area (Å²) in [5, 5.41) is 0. The van der Waals surface area contributed by atoms with E-state index in [1.54, 1.807) is 6.42 Å². The van der Waals surface area contributed by atoms with Crippen LogP contribution >= 0.6 is 0 Å². The predicted molar refractivity (Wildman–Crippen MR) is 84.4 cm³/mol. The van der Waals surface area contributed by atoms with Crippen molar-refractivity contribution in [2.24, 2.45) is 5.92 Å². The molecule has 1 unspecified atom stereocenters. The molecule has 1 saturated carbocycles. The lowest BCUT2D eigenvalue weighted by atomic mass is 9.95. The molecular formula is C18H33O2. The molecule has 1 fully saturated rings. The number of hydrogen-bond acceptors (Lipinski definition) is 2. The highest BCUT2D eigenvalue weighted by Crippen LogP contribution is 2.27. The summed E-state index contributed by atoms with van der Waals surface area (Å²) in [6, 6.07) is 0. The summed E-state index contributed by atoms with van der Waals surface area (Å²) in [6.07, 6.45) is 16.7. The summed E-state index contributed by atoms with van der Waals surface area (Å²) >= 11 is 0. The van der Waals surface area contributed by atoms with Crippen molar-refractivity contribution in [2.45, 2.75) is 97.0 Å². The van der Waals surface area contributed by atoms with Crippen LogP contribution in [0, 0.1) is 12.3 Å². The quantitative estimate of drug-likeness (QED) is 0.319. The van der Waals surface area contributed by atoms with Crippen LogP contribution in [0.1, 0.15) is 90.9 Å². The molecule has 1 rings (SSSR count). The molecule has 0 saturated heterocycles. The lowest BCUT2D eigenvalue weighted by Crippen LogP contribution is -2.24. The molecular weight excluding hydrogens is 248 g/mol. The van der Waals surface area contributed by atoms with Gasteiger partial charge in [-0.25, -0.2) is 0 Å². The minimum Gasteiger partial charge on any atom is -0.462 e. The lowest BCUT2D eigenvalue weighted by Gasteiger charge is -2.22. The molecule has 0 aliphatic heterocycles. The third kappa shape index (κ3) is 7.91. The van der Waals surface area contributed by atoms with Crippen LogP contribution in [-0.4, -0.2) is 12.1 Å². The fourth-order valence-corrected chi connectivity index (χ4v) is 3.08. The van der Waals surface area contributed by atoms with E-state index < -0.39 is 0 Å². The van der Waals surface area contributed by atoms with Gasteiger partial charge in [0.15, 0.2) is 0 Å². The molecule has 0 spiro atoms. The van der Waals surface area contributed by atoms with E-state index in [2.05, 4.69) is 13.8 Å². The van der Waals surface area contributed by atoms with Crippen LogP contribution in [0.25, 0.3) is 0 Å². The fourth-order valence-electron chi connectivity index (χ4n) is 3.08. The minimum absolute atomic E-state index is 0.0944. The van der Waals surface area contributed by atoms with Crippen LogP contribution in [0.5, 0.6) is 0 Å². The van der Waals surface area contributed by atoms with E-state index in [4.69, 9.17) is 4.74 Å². The Bertz CT molecular complexity index is 242. The number of rotatable bonds is 9. The molecule has 0 aromatic rings. The van der Waals surface area contributed by atoms with Crippen molar-refractivity contribution in [3.63, 3.8) is 0 Å². The molecule has 0 aromatic heterocycles. The smallest absolute Gasteiger partial charge is 0.310 e. The second-order valence-electron chi connectivity index (χ2n) is 6.30. The summed E-state index contributed by atoms with van der Waals surface area (Å²) in [5.41, 5.74) is 0. The van der Waals surface area contributed by atoms with E-state index in [-0.39, 0.29) is 12.1 Å². The monoisotopic (exact) mass is 281 g/mol. The van der Waals surface area contributed by atoms with E-state index in [0.717, 1.165) is 12.8 Å². The Morgan fingerprint density at radius 3 is 2.40 bits per heavy atom. The van der Waals surface area contributed by atoms with Gasteiger partial charge in [-0.05, 0) is 32.1 Å². The van der Waals surface area contributed by atoms with Crippen molar-refractivity contribution in [2.75, 3.05) is 0 Å². The zero-order chi connectivity index (χ0) is 14.6. The predicted octanol–water partition coefficient (Wildman–Crippen LogP) is 5.45. The zero-order valence-electron chi connectivity index (χ0n) is 13.5. The van der Waals surface area contributed by atoms with E-state index >= 15 is 0 Å². The Morgan fingerprint density at radius 2 is 1.75 bits per heavy atom. The van der Waals surface area contributed by atoms with E-state index in [1.165, 1.54) is 64.2 Å². The van der Waals surface area contributed by atoms with Crippen LogP contribution in [0.4, 0.5) is 0 Å². The summed E-state index contributed by atoms with van der Waals surface area (Å²) in [5.74, 6) is 0.483. The topological polar surface area (TPSA) is 26.3 Å². The molecule has 117 valence electrons. The average Bonchev–Trinajstić information content (AvgIpc) is 2.71. The van der Waals surface area contributed by atoms with Crippen LogP contribution < -0.4 is 0 Å². The fraction of sp³-hybridized carbons (Fsp3) is 0.889. The van der Waals surface area contributed by atoms with Crippen molar-refractivity contribution in [3.05, 3.63) is 6.42 Å². The second kappa shape index (κ2) is 11.2. The first-order valence-corrected chi connectivity index (χ1v) is 8.78. The Balaban J connectivity index is 2.08. The highest BCUT2D eigenvalue weighted by atomic mass is 16.5. The first kappa shape index (κ1) is 17.5. The SMILES string of the molecule is CCCCCCC[CH]C(=O)OC(C)C1CCCCCC1. The Kier molecular flexibility index (Phi) is 9.78. The van der Waals surface area contributed by atoms with Gasteiger partial charge in [0.25, 0.3) is 0 Å². The summed E-state index contributed by atoms with van der Waals surface area (Å²) in [6.45, 7) is 4.29. The molecule has 0 aromatic carbocycles. The molecule has 2 nitrogen and oxygen atoms in total. The molecule has 1 radical (unpaired) electrons. The van der Waals surface area contributed by atoms with Crippen LogP contribution in [0.15, 0.2) is 0 Å². The van der Waals surface area contributed by atoms with Gasteiger partial charge in [0.1, 0.15) is 6.10 Å². The van der Waals surface area contributed by atoms with Gasteiger partial charge in [-0.2, -0.15) is 0 Å². The number of carbonyl (C=O) groups excluding carboxylic acids is 1. The van der Waals surface area contributed by atoms with Crippen molar-refractivity contribution < 1.29 is 9.53 Å². The van der Waals surface area contributed by atoms with Gasteiger partial charge < -0.3 is 4.74 Å². The van der Waals surface area contributed by atoms with Gasteiger partial charge in [0.2, 0.25) is 0 Å². The Hall–Kier alpha value is -0.530. The van der Waals surface area contributed by atoms with Gasteiger partial charge in [0.05, 0.1) is 6.42 Å². The average molecular weight is 281 g/mol. The molecule has 1 atom stereocenters. The van der Waals surface area contributed by atoms with Crippen molar-refractivity contribution in [1.82, 2.24) is 0 Å². The molecule has 0 bridgehead atoms. The number of hydrogen-bond donors (Lipinski definition) is 0. The van der Waals surface area contributed by atoms with Crippen molar-refractivity contribution >= 4 is 5.97 Å². The largest absolute Gasteiger partial charge is 0.462 e. The van der Waals surface area contributed by atoms with Crippen LogP contribution in [0.3, 0.4) is 0 Å². The van der Waals surface area contributed by atoms with Crippen LogP contribution in [-0.2, 0) is 9.53 Å². The van der Waals surface area contributed by atoms with E-state index in [1.807, 2.05) is 0 Å². The van der Waals surface area contributed by atoms with E-state index in [9.17, 15) is 4.79 Å². The number of ether oxygens (including phenoxy) is 1. The molecule has 1 aliphatic rings. The molecule has 0 amide bonds. The standard InChI is InChI=1S/C18H33O2/c1-3-4-5-6-7-12-15-18(19)20-16(2)17-13-10-8-9-11-14-17/h15-17H,3-14H2,1-2H3. The first-order valence-electron chi connectivity index (χ1n) is 8.78. The number of esters is 1. The summed E-state index contributed by atoms with van der Waals surface area (Å²) in [4.78, 5) is 11.8. The molecule has 0 N–H and O–H groups in total. The maximum absolute atomic E-state index is 11.8. The highest BCUT2D eigenvalue weighted by molar-refractivity contribution is 5.78. The second-order valence-corrected chi connectivity index (χ2v) is 6.30. The van der Waals surface area contributed by atoms with Crippen LogP contribution in [0.2, 0.25) is 0 Å². The zero-order valence-corrected chi connectivity index (χ0v) is 13.5. The minimum atomic E-state index is -0.0998. The normalized spacial score (nSPS) is 18.5. The maximum atomic E-state index is 11.8. The van der Waals surface area contributed by atoms with Gasteiger partial charge in [0, 0.05) is 0 Å². The molecule has 2 heteroatoms. The summed E-state index contributed by atoms with van der Waals surface area (Å²) in [7, 11) is 0. The van der Waals surface area contributed by atoms with Gasteiger partial charge in [-0.3, -0.25) is 4.79 Å². The summed E-state index contributed by atoms with van der Waals surface area (Å²) < 4.78 is 5.58.